The summed E-state index contributed by atoms with van der Waals surface area (Å²) in [7, 11) is 0. The summed E-state index contributed by atoms with van der Waals surface area (Å²) in [5.41, 5.74) is 7.76. The number of anilines is 1. The molecule has 3 nitrogen and oxygen atoms in total. The van der Waals surface area contributed by atoms with E-state index in [1.165, 1.54) is 0 Å². The Balaban J connectivity index is 2.07. The van der Waals surface area contributed by atoms with Crippen LogP contribution in [-0.2, 0) is 6.54 Å². The fourth-order valence-electron chi connectivity index (χ4n) is 1.64. The topological polar surface area (TPSA) is 55.1 Å². The van der Waals surface area contributed by atoms with Crippen molar-refractivity contribution in [3.05, 3.63) is 62.5 Å². The Morgan fingerprint density at radius 3 is 2.58 bits per heavy atom. The van der Waals surface area contributed by atoms with Crippen LogP contribution in [0.15, 0.2) is 51.4 Å². The summed E-state index contributed by atoms with van der Waals surface area (Å²) in [6.45, 7) is 0.675. The Labute approximate surface area is 128 Å². The van der Waals surface area contributed by atoms with Gasteiger partial charge in [0.1, 0.15) is 0 Å². The van der Waals surface area contributed by atoms with Gasteiger partial charge in [0.25, 0.3) is 0 Å². The van der Waals surface area contributed by atoms with Gasteiger partial charge in [-0.2, -0.15) is 0 Å². The van der Waals surface area contributed by atoms with Crippen LogP contribution in [0.25, 0.3) is 0 Å². The van der Waals surface area contributed by atoms with Crippen molar-refractivity contribution in [1.82, 2.24) is 0 Å². The maximum absolute atomic E-state index is 11.1. The number of nitrogens with one attached hydrogen (secondary N) is 1. The van der Waals surface area contributed by atoms with E-state index < -0.39 is 5.91 Å². The zero-order valence-electron chi connectivity index (χ0n) is 9.99. The Bertz CT molecular complexity index is 614. The van der Waals surface area contributed by atoms with Crippen LogP contribution in [0.2, 0.25) is 0 Å². The zero-order chi connectivity index (χ0) is 13.8. The van der Waals surface area contributed by atoms with E-state index in [1.807, 2.05) is 24.3 Å². The van der Waals surface area contributed by atoms with Gasteiger partial charge < -0.3 is 11.1 Å². The van der Waals surface area contributed by atoms with Gasteiger partial charge in [0.15, 0.2) is 0 Å². The highest BCUT2D eigenvalue weighted by Crippen LogP contribution is 2.24. The van der Waals surface area contributed by atoms with Crippen LogP contribution >= 0.6 is 31.9 Å². The van der Waals surface area contributed by atoms with Crippen molar-refractivity contribution >= 4 is 43.5 Å². The molecular formula is C14H12Br2N2O. The van der Waals surface area contributed by atoms with E-state index in [4.69, 9.17) is 5.73 Å². The number of carbonyl (C=O) groups is 1. The average Bonchev–Trinajstić information content (AvgIpc) is 2.40. The summed E-state index contributed by atoms with van der Waals surface area (Å²) < 4.78 is 2.03. The minimum absolute atomic E-state index is 0.421. The normalized spacial score (nSPS) is 10.2. The first kappa shape index (κ1) is 14.1. The molecule has 2 rings (SSSR count). The lowest BCUT2D eigenvalue weighted by atomic mass is 10.2. The maximum atomic E-state index is 11.1. The van der Waals surface area contributed by atoms with Gasteiger partial charge in [-0.3, -0.25) is 4.79 Å². The molecule has 98 valence electrons. The third-order valence-electron chi connectivity index (χ3n) is 2.63. The van der Waals surface area contributed by atoms with Gasteiger partial charge in [0.2, 0.25) is 5.91 Å². The lowest BCUT2D eigenvalue weighted by molar-refractivity contribution is 0.100. The molecule has 0 atom stereocenters. The minimum Gasteiger partial charge on any atom is -0.381 e. The van der Waals surface area contributed by atoms with Crippen molar-refractivity contribution in [3.8, 4) is 0 Å². The van der Waals surface area contributed by atoms with Gasteiger partial charge in [0.05, 0.1) is 0 Å². The molecule has 2 aromatic rings. The van der Waals surface area contributed by atoms with E-state index in [9.17, 15) is 4.79 Å². The van der Waals surface area contributed by atoms with E-state index >= 15 is 0 Å². The molecule has 0 spiro atoms. The highest BCUT2D eigenvalue weighted by atomic mass is 79.9. The molecule has 0 aromatic heterocycles. The van der Waals surface area contributed by atoms with Crippen molar-refractivity contribution in [1.29, 1.82) is 0 Å². The molecule has 0 aliphatic heterocycles. The third-order valence-corrected chi connectivity index (χ3v) is 4.51. The molecule has 5 heteroatoms. The number of hydrogen-bond acceptors (Lipinski definition) is 2. The SMILES string of the molecule is NC(=O)c1cccc(NCc2ccc(Br)c(Br)c2)c1. The molecule has 3 N–H and O–H groups in total. The second-order valence-corrected chi connectivity index (χ2v) is 5.76. The summed E-state index contributed by atoms with van der Waals surface area (Å²) in [5, 5.41) is 3.26. The number of carbonyl (C=O) groups excluding carboxylic acids is 1. The smallest absolute Gasteiger partial charge is 0.248 e. The van der Waals surface area contributed by atoms with Crippen molar-refractivity contribution in [2.45, 2.75) is 6.54 Å². The Morgan fingerprint density at radius 1 is 1.11 bits per heavy atom. The summed E-state index contributed by atoms with van der Waals surface area (Å²) in [5.74, 6) is -0.421. The molecule has 1 amide bonds. The first-order chi connectivity index (χ1) is 9.06. The van der Waals surface area contributed by atoms with Crippen LogP contribution in [0.3, 0.4) is 0 Å². The van der Waals surface area contributed by atoms with Crippen LogP contribution in [0.5, 0.6) is 0 Å². The largest absolute Gasteiger partial charge is 0.381 e. The van der Waals surface area contributed by atoms with Gasteiger partial charge in [-0.1, -0.05) is 12.1 Å². The number of amides is 1. The number of nitrogens with two attached hydrogens (primary N) is 1. The van der Waals surface area contributed by atoms with Crippen LogP contribution in [0.4, 0.5) is 5.69 Å². The standard InChI is InChI=1S/C14H12Br2N2O/c15-12-5-4-9(6-13(12)16)8-18-11-3-1-2-10(7-11)14(17)19/h1-7,18H,8H2,(H2,17,19). The van der Waals surface area contributed by atoms with Crippen LogP contribution in [0.1, 0.15) is 15.9 Å². The molecule has 0 heterocycles. The van der Waals surface area contributed by atoms with Gasteiger partial charge in [0, 0.05) is 26.7 Å². The van der Waals surface area contributed by atoms with E-state index in [0.29, 0.717) is 12.1 Å². The predicted octanol–water partition coefficient (Wildman–Crippen LogP) is 3.92. The molecule has 0 fully saturated rings. The van der Waals surface area contributed by atoms with E-state index in [2.05, 4.69) is 37.2 Å². The fourth-order valence-corrected chi connectivity index (χ4v) is 2.31. The number of benzene rings is 2. The number of hydrogen-bond donors (Lipinski definition) is 2. The zero-order valence-corrected chi connectivity index (χ0v) is 13.2. The molecule has 0 unspecified atom stereocenters. The van der Waals surface area contributed by atoms with Crippen LogP contribution in [0, 0.1) is 0 Å². The Kier molecular flexibility index (Phi) is 4.61. The quantitative estimate of drug-likeness (QED) is 0.840. The monoisotopic (exact) mass is 382 g/mol. The van der Waals surface area contributed by atoms with Crippen molar-refractivity contribution < 1.29 is 4.79 Å². The van der Waals surface area contributed by atoms with Crippen molar-refractivity contribution in [2.75, 3.05) is 5.32 Å². The number of rotatable bonds is 4. The lowest BCUT2D eigenvalue weighted by Crippen LogP contribution is -2.11. The van der Waals surface area contributed by atoms with Gasteiger partial charge in [-0.25, -0.2) is 0 Å². The summed E-state index contributed by atoms with van der Waals surface area (Å²) in [6, 6.07) is 13.2. The maximum Gasteiger partial charge on any atom is 0.248 e. The highest BCUT2D eigenvalue weighted by Gasteiger charge is 2.02. The molecule has 0 saturated carbocycles. The molecule has 0 aliphatic carbocycles. The van der Waals surface area contributed by atoms with Crippen molar-refractivity contribution in [2.24, 2.45) is 5.73 Å². The van der Waals surface area contributed by atoms with E-state index in [1.54, 1.807) is 18.2 Å². The summed E-state index contributed by atoms with van der Waals surface area (Å²) in [4.78, 5) is 11.1. The van der Waals surface area contributed by atoms with E-state index in [-0.39, 0.29) is 0 Å². The lowest BCUT2D eigenvalue weighted by Gasteiger charge is -2.08. The second-order valence-electron chi connectivity index (χ2n) is 4.05. The molecule has 2 aromatic carbocycles. The van der Waals surface area contributed by atoms with Gasteiger partial charge in [-0.05, 0) is 67.8 Å². The number of primary amides is 1. The summed E-state index contributed by atoms with van der Waals surface area (Å²) >= 11 is 6.90. The third kappa shape index (κ3) is 3.81. The van der Waals surface area contributed by atoms with Crippen molar-refractivity contribution in [3.63, 3.8) is 0 Å². The predicted molar refractivity (Wildman–Crippen MR) is 84.1 cm³/mol. The molecule has 19 heavy (non-hydrogen) atoms. The molecular weight excluding hydrogens is 372 g/mol. The fraction of sp³-hybridized carbons (Fsp3) is 0.0714. The first-order valence-corrected chi connectivity index (χ1v) is 7.22. The minimum atomic E-state index is -0.421. The Morgan fingerprint density at radius 2 is 1.89 bits per heavy atom. The molecule has 0 radical (unpaired) electrons. The van der Waals surface area contributed by atoms with Gasteiger partial charge >= 0.3 is 0 Å². The van der Waals surface area contributed by atoms with Crippen LogP contribution < -0.4 is 11.1 Å². The molecule has 0 aliphatic rings. The van der Waals surface area contributed by atoms with Gasteiger partial charge in [-0.15, -0.1) is 0 Å². The average molecular weight is 384 g/mol. The highest BCUT2D eigenvalue weighted by molar-refractivity contribution is 9.13. The Hall–Kier alpha value is -1.33. The summed E-state index contributed by atoms with van der Waals surface area (Å²) in [6.07, 6.45) is 0. The first-order valence-electron chi connectivity index (χ1n) is 5.64. The van der Waals surface area contributed by atoms with Crippen LogP contribution in [-0.4, -0.2) is 5.91 Å². The molecule has 0 bridgehead atoms. The molecule has 0 saturated heterocycles. The second kappa shape index (κ2) is 6.21. The number of halogens is 2. The van der Waals surface area contributed by atoms with E-state index in [0.717, 1.165) is 20.2 Å².